The molecule has 1 aromatic carbocycles. The van der Waals surface area contributed by atoms with E-state index in [0.717, 1.165) is 6.54 Å². The van der Waals surface area contributed by atoms with Crippen molar-refractivity contribution in [3.63, 3.8) is 0 Å². The van der Waals surface area contributed by atoms with E-state index in [-0.39, 0.29) is 0 Å². The number of H-pyrrole nitrogens is 1. The molecule has 1 saturated heterocycles. The van der Waals surface area contributed by atoms with Gasteiger partial charge in [0, 0.05) is 23.7 Å². The molecule has 1 atom stereocenters. The molecule has 1 aliphatic rings. The molecule has 16 heavy (non-hydrogen) atoms. The van der Waals surface area contributed by atoms with E-state index in [9.17, 15) is 0 Å². The van der Waals surface area contributed by atoms with Gasteiger partial charge in [-0.05, 0) is 43.3 Å². The molecular weight excluding hydrogens is 196 g/mol. The van der Waals surface area contributed by atoms with E-state index in [1.807, 2.05) is 0 Å². The number of nitrogens with one attached hydrogen (secondary N) is 2. The van der Waals surface area contributed by atoms with Crippen LogP contribution in [-0.4, -0.2) is 18.1 Å². The number of rotatable bonds is 1. The number of aromatic amines is 1. The summed E-state index contributed by atoms with van der Waals surface area (Å²) in [5, 5.41) is 4.82. The van der Waals surface area contributed by atoms with Gasteiger partial charge >= 0.3 is 0 Å². The highest BCUT2D eigenvalue weighted by Crippen LogP contribution is 2.27. The fourth-order valence-electron chi connectivity index (χ4n) is 2.67. The third-order valence-corrected chi connectivity index (χ3v) is 3.62. The van der Waals surface area contributed by atoms with Crippen molar-refractivity contribution >= 4 is 10.9 Å². The van der Waals surface area contributed by atoms with E-state index in [4.69, 9.17) is 0 Å². The minimum atomic E-state index is 0.667. The van der Waals surface area contributed by atoms with Crippen LogP contribution in [0.5, 0.6) is 0 Å². The zero-order valence-electron chi connectivity index (χ0n) is 9.72. The summed E-state index contributed by atoms with van der Waals surface area (Å²) < 4.78 is 0. The molecule has 2 heteroatoms. The van der Waals surface area contributed by atoms with Crippen LogP contribution in [-0.2, 0) is 0 Å². The van der Waals surface area contributed by atoms with Crippen LogP contribution in [0.1, 0.15) is 30.0 Å². The summed E-state index contributed by atoms with van der Waals surface area (Å²) in [6.07, 6.45) is 2.60. The van der Waals surface area contributed by atoms with Crippen LogP contribution >= 0.6 is 0 Å². The quantitative estimate of drug-likeness (QED) is 0.750. The maximum Gasteiger partial charge on any atom is 0.0485 e. The molecule has 0 spiro atoms. The SMILES string of the molecule is Cc1cccc2cc(C3CCCNC3)[nH]c12. The van der Waals surface area contributed by atoms with Crippen LogP contribution in [0.2, 0.25) is 0 Å². The maximum atomic E-state index is 3.59. The van der Waals surface area contributed by atoms with Gasteiger partial charge in [-0.1, -0.05) is 18.2 Å². The van der Waals surface area contributed by atoms with Crippen LogP contribution in [0.3, 0.4) is 0 Å². The van der Waals surface area contributed by atoms with Crippen LogP contribution in [0.15, 0.2) is 24.3 Å². The highest BCUT2D eigenvalue weighted by molar-refractivity contribution is 5.83. The molecule has 0 amide bonds. The van der Waals surface area contributed by atoms with Crippen molar-refractivity contribution in [2.45, 2.75) is 25.7 Å². The van der Waals surface area contributed by atoms with Gasteiger partial charge in [-0.2, -0.15) is 0 Å². The Morgan fingerprint density at radius 2 is 2.25 bits per heavy atom. The number of fused-ring (bicyclic) bond motifs is 1. The molecule has 1 unspecified atom stereocenters. The van der Waals surface area contributed by atoms with Crippen LogP contribution in [0.4, 0.5) is 0 Å². The smallest absolute Gasteiger partial charge is 0.0485 e. The lowest BCUT2D eigenvalue weighted by Crippen LogP contribution is -2.28. The predicted molar refractivity (Wildman–Crippen MR) is 67.9 cm³/mol. The van der Waals surface area contributed by atoms with Crippen molar-refractivity contribution in [1.29, 1.82) is 0 Å². The van der Waals surface area contributed by atoms with Gasteiger partial charge in [0.1, 0.15) is 0 Å². The number of piperidine rings is 1. The summed E-state index contributed by atoms with van der Waals surface area (Å²) in [6.45, 7) is 4.46. The molecule has 2 nitrogen and oxygen atoms in total. The Morgan fingerprint density at radius 1 is 1.31 bits per heavy atom. The highest BCUT2D eigenvalue weighted by atomic mass is 14.9. The normalized spacial score (nSPS) is 21.4. The van der Waals surface area contributed by atoms with Crippen molar-refractivity contribution in [3.8, 4) is 0 Å². The highest BCUT2D eigenvalue weighted by Gasteiger charge is 2.17. The molecule has 2 heterocycles. The average molecular weight is 214 g/mol. The summed E-state index contributed by atoms with van der Waals surface area (Å²) >= 11 is 0. The Kier molecular flexibility index (Phi) is 2.44. The minimum absolute atomic E-state index is 0.667. The molecule has 0 radical (unpaired) electrons. The average Bonchev–Trinajstić information content (AvgIpc) is 2.76. The first-order valence-electron chi connectivity index (χ1n) is 6.13. The van der Waals surface area contributed by atoms with Gasteiger partial charge in [0.15, 0.2) is 0 Å². The predicted octanol–water partition coefficient (Wildman–Crippen LogP) is 2.94. The molecule has 2 aromatic rings. The van der Waals surface area contributed by atoms with Gasteiger partial charge in [0.05, 0.1) is 0 Å². The number of aryl methyl sites for hydroxylation is 1. The number of hydrogen-bond donors (Lipinski definition) is 2. The van der Waals surface area contributed by atoms with Crippen molar-refractivity contribution in [2.24, 2.45) is 0 Å². The van der Waals surface area contributed by atoms with E-state index >= 15 is 0 Å². The van der Waals surface area contributed by atoms with Gasteiger partial charge in [-0.25, -0.2) is 0 Å². The molecule has 84 valence electrons. The first-order chi connectivity index (χ1) is 7.84. The fourth-order valence-corrected chi connectivity index (χ4v) is 2.67. The molecule has 1 aromatic heterocycles. The fraction of sp³-hybridized carbons (Fsp3) is 0.429. The zero-order valence-corrected chi connectivity index (χ0v) is 9.72. The Labute approximate surface area is 96.1 Å². The van der Waals surface area contributed by atoms with Crippen molar-refractivity contribution in [1.82, 2.24) is 10.3 Å². The standard InChI is InChI=1S/C14H18N2/c1-10-4-2-5-11-8-13(16-14(10)11)12-6-3-7-15-9-12/h2,4-5,8,12,15-16H,3,6-7,9H2,1H3. The van der Waals surface area contributed by atoms with E-state index in [1.54, 1.807) is 0 Å². The van der Waals surface area contributed by atoms with Gasteiger partial charge in [0.25, 0.3) is 0 Å². The number of para-hydroxylation sites is 1. The Morgan fingerprint density at radius 3 is 3.00 bits per heavy atom. The first-order valence-corrected chi connectivity index (χ1v) is 6.13. The zero-order chi connectivity index (χ0) is 11.0. The number of benzene rings is 1. The monoisotopic (exact) mass is 214 g/mol. The summed E-state index contributed by atoms with van der Waals surface area (Å²) in [6, 6.07) is 8.81. The van der Waals surface area contributed by atoms with Crippen molar-refractivity contribution < 1.29 is 0 Å². The lowest BCUT2D eigenvalue weighted by Gasteiger charge is -2.21. The molecule has 0 aliphatic carbocycles. The van der Waals surface area contributed by atoms with E-state index in [0.29, 0.717) is 5.92 Å². The van der Waals surface area contributed by atoms with Crippen molar-refractivity contribution in [3.05, 3.63) is 35.5 Å². The lowest BCUT2D eigenvalue weighted by molar-refractivity contribution is 0.456. The Balaban J connectivity index is 2.01. The third-order valence-electron chi connectivity index (χ3n) is 3.62. The maximum absolute atomic E-state index is 3.59. The number of aromatic nitrogens is 1. The summed E-state index contributed by atoms with van der Waals surface area (Å²) in [5.41, 5.74) is 4.05. The van der Waals surface area contributed by atoms with Gasteiger partial charge in [-0.15, -0.1) is 0 Å². The van der Waals surface area contributed by atoms with E-state index in [1.165, 1.54) is 41.5 Å². The molecule has 0 saturated carbocycles. The van der Waals surface area contributed by atoms with E-state index in [2.05, 4.69) is 41.5 Å². The van der Waals surface area contributed by atoms with E-state index < -0.39 is 0 Å². The largest absolute Gasteiger partial charge is 0.358 e. The van der Waals surface area contributed by atoms with Crippen molar-refractivity contribution in [2.75, 3.05) is 13.1 Å². The molecular formula is C14H18N2. The molecule has 1 aliphatic heterocycles. The van der Waals surface area contributed by atoms with Crippen LogP contribution < -0.4 is 5.32 Å². The summed E-state index contributed by atoms with van der Waals surface area (Å²) in [5.74, 6) is 0.667. The lowest BCUT2D eigenvalue weighted by atomic mass is 9.96. The van der Waals surface area contributed by atoms with Gasteiger partial charge in [-0.3, -0.25) is 0 Å². The second-order valence-corrected chi connectivity index (χ2v) is 4.81. The Bertz CT molecular complexity index is 492. The van der Waals surface area contributed by atoms with Crippen LogP contribution in [0.25, 0.3) is 10.9 Å². The molecule has 0 bridgehead atoms. The van der Waals surface area contributed by atoms with Crippen LogP contribution in [0, 0.1) is 6.92 Å². The second kappa shape index (κ2) is 3.95. The topological polar surface area (TPSA) is 27.8 Å². The second-order valence-electron chi connectivity index (χ2n) is 4.81. The molecule has 1 fully saturated rings. The van der Waals surface area contributed by atoms with Gasteiger partial charge < -0.3 is 10.3 Å². The summed E-state index contributed by atoms with van der Waals surface area (Å²) in [4.78, 5) is 3.59. The minimum Gasteiger partial charge on any atom is -0.358 e. The summed E-state index contributed by atoms with van der Waals surface area (Å²) in [7, 11) is 0. The third kappa shape index (κ3) is 1.63. The van der Waals surface area contributed by atoms with Gasteiger partial charge in [0.2, 0.25) is 0 Å². The molecule has 3 rings (SSSR count). The molecule has 2 N–H and O–H groups in total. The first kappa shape index (κ1) is 9.91. The number of hydrogen-bond acceptors (Lipinski definition) is 1. The Hall–Kier alpha value is -1.28.